The van der Waals surface area contributed by atoms with Gasteiger partial charge in [0.15, 0.2) is 17.0 Å². The van der Waals surface area contributed by atoms with E-state index in [1.54, 1.807) is 32.0 Å². The molecule has 0 radical (unpaired) electrons. The van der Waals surface area contributed by atoms with Crippen molar-refractivity contribution in [3.05, 3.63) is 69.4 Å². The molecule has 1 amide bonds. The molecule has 0 fully saturated rings. The summed E-state index contributed by atoms with van der Waals surface area (Å²) in [6.45, 7) is 7.33. The van der Waals surface area contributed by atoms with Crippen molar-refractivity contribution >= 4 is 33.9 Å². The number of amides is 1. The highest BCUT2D eigenvalue weighted by Crippen LogP contribution is 2.33. The average Bonchev–Trinajstić information content (AvgIpc) is 3.37. The fourth-order valence-electron chi connectivity index (χ4n) is 3.47. The first-order valence-electron chi connectivity index (χ1n) is 10.6. The van der Waals surface area contributed by atoms with Crippen LogP contribution in [0.2, 0.25) is 0 Å². The van der Waals surface area contributed by atoms with E-state index in [1.807, 2.05) is 19.9 Å². The Morgan fingerprint density at radius 3 is 2.49 bits per heavy atom. The number of halogens is 3. The Hall–Kier alpha value is -3.73. The second-order valence-electron chi connectivity index (χ2n) is 7.90. The zero-order valence-corrected chi connectivity index (χ0v) is 20.1. The molecule has 182 valence electrons. The fourth-order valence-corrected chi connectivity index (χ4v) is 4.37. The van der Waals surface area contributed by atoms with E-state index in [1.165, 1.54) is 6.07 Å². The van der Waals surface area contributed by atoms with Gasteiger partial charge in [-0.25, -0.2) is 14.3 Å². The van der Waals surface area contributed by atoms with Gasteiger partial charge in [-0.15, -0.1) is 11.3 Å². The molecule has 35 heavy (non-hydrogen) atoms. The summed E-state index contributed by atoms with van der Waals surface area (Å²) >= 11 is 1.15. The van der Waals surface area contributed by atoms with E-state index in [9.17, 15) is 22.8 Å². The van der Waals surface area contributed by atoms with Crippen molar-refractivity contribution in [2.45, 2.75) is 33.9 Å². The Balaban J connectivity index is 1.76. The van der Waals surface area contributed by atoms with Gasteiger partial charge in [-0.3, -0.25) is 4.79 Å². The van der Waals surface area contributed by atoms with Crippen LogP contribution in [0.5, 0.6) is 0 Å². The summed E-state index contributed by atoms with van der Waals surface area (Å²) < 4.78 is 47.3. The lowest BCUT2D eigenvalue weighted by molar-refractivity contribution is -0.142. The van der Waals surface area contributed by atoms with Crippen LogP contribution in [0.3, 0.4) is 0 Å². The van der Waals surface area contributed by atoms with Crippen LogP contribution in [0.4, 0.5) is 18.2 Å². The zero-order chi connectivity index (χ0) is 25.5. The summed E-state index contributed by atoms with van der Waals surface area (Å²) in [6, 6.07) is 8.92. The maximum Gasteiger partial charge on any atom is 0.433 e. The van der Waals surface area contributed by atoms with Crippen LogP contribution >= 0.6 is 11.3 Å². The molecule has 0 aliphatic rings. The lowest BCUT2D eigenvalue weighted by atomic mass is 10.0. The summed E-state index contributed by atoms with van der Waals surface area (Å²) in [7, 11) is 0. The molecule has 3 heterocycles. The van der Waals surface area contributed by atoms with Crippen molar-refractivity contribution < 1.29 is 27.5 Å². The van der Waals surface area contributed by atoms with Gasteiger partial charge in [0.05, 0.1) is 17.9 Å². The van der Waals surface area contributed by atoms with Crippen LogP contribution in [0.1, 0.15) is 49.5 Å². The monoisotopic (exact) mass is 502 g/mol. The van der Waals surface area contributed by atoms with Crippen LogP contribution < -0.4 is 5.32 Å². The van der Waals surface area contributed by atoms with Crippen molar-refractivity contribution in [2.24, 2.45) is 0 Å². The number of rotatable bonds is 5. The Morgan fingerprint density at radius 1 is 1.09 bits per heavy atom. The highest BCUT2D eigenvalue weighted by molar-refractivity contribution is 7.16. The summed E-state index contributed by atoms with van der Waals surface area (Å²) in [5.41, 5.74) is 1.23. The van der Waals surface area contributed by atoms with E-state index in [2.05, 4.69) is 15.4 Å². The minimum absolute atomic E-state index is 0.110. The summed E-state index contributed by atoms with van der Waals surface area (Å²) in [5, 5.41) is 6.65. The SMILES string of the molecule is CCOC(=O)c1cc(C)sc1NC(=O)c1cc2nc(-c3ccc(C)c(C)c3)cc(C(F)(F)F)n2n1. The minimum atomic E-state index is -4.74. The van der Waals surface area contributed by atoms with E-state index in [0.29, 0.717) is 10.1 Å². The number of benzene rings is 1. The summed E-state index contributed by atoms with van der Waals surface area (Å²) in [5.74, 6) is -1.38. The van der Waals surface area contributed by atoms with Crippen molar-refractivity contribution in [3.8, 4) is 11.3 Å². The van der Waals surface area contributed by atoms with Gasteiger partial charge in [-0.1, -0.05) is 12.1 Å². The molecule has 0 saturated heterocycles. The number of thiophene rings is 1. The zero-order valence-electron chi connectivity index (χ0n) is 19.3. The van der Waals surface area contributed by atoms with Crippen LogP contribution in [0.15, 0.2) is 36.4 Å². The molecule has 0 atom stereocenters. The number of aromatic nitrogens is 3. The smallest absolute Gasteiger partial charge is 0.433 e. The quantitative estimate of drug-likeness (QED) is 0.347. The molecule has 7 nitrogen and oxygen atoms in total. The van der Waals surface area contributed by atoms with Crippen molar-refractivity contribution in [3.63, 3.8) is 0 Å². The normalized spacial score (nSPS) is 11.6. The molecule has 4 rings (SSSR count). The first-order valence-corrected chi connectivity index (χ1v) is 11.4. The first-order chi connectivity index (χ1) is 16.5. The van der Waals surface area contributed by atoms with E-state index in [0.717, 1.165) is 33.4 Å². The standard InChI is InChI=1S/C24H21F3N4O3S/c1-5-34-23(33)16-9-14(4)35-22(16)29-21(32)18-11-20-28-17(15-7-6-12(2)13(3)8-15)10-19(24(25,26)27)31(20)30-18/h6-11H,5H2,1-4H3,(H,29,32). The molecule has 0 bridgehead atoms. The number of fused-ring (bicyclic) bond motifs is 1. The third kappa shape index (κ3) is 4.90. The molecule has 4 aromatic rings. The second kappa shape index (κ2) is 9.14. The van der Waals surface area contributed by atoms with Crippen molar-refractivity contribution in [2.75, 3.05) is 11.9 Å². The molecule has 0 aliphatic heterocycles. The summed E-state index contributed by atoms with van der Waals surface area (Å²) in [6.07, 6.45) is -4.74. The molecular weight excluding hydrogens is 481 g/mol. The van der Waals surface area contributed by atoms with Gasteiger partial charge in [-0.2, -0.15) is 18.3 Å². The van der Waals surface area contributed by atoms with Crippen LogP contribution in [-0.4, -0.2) is 33.1 Å². The number of esters is 1. The molecule has 0 unspecified atom stereocenters. The second-order valence-corrected chi connectivity index (χ2v) is 9.15. The highest BCUT2D eigenvalue weighted by Gasteiger charge is 2.36. The number of carbonyl (C=O) groups is 2. The number of ether oxygens (including phenoxy) is 1. The van der Waals surface area contributed by atoms with E-state index in [4.69, 9.17) is 4.74 Å². The maximum absolute atomic E-state index is 13.9. The number of alkyl halides is 3. The molecule has 0 spiro atoms. The number of anilines is 1. The van der Waals surface area contributed by atoms with E-state index >= 15 is 0 Å². The number of nitrogens with one attached hydrogen (secondary N) is 1. The summed E-state index contributed by atoms with van der Waals surface area (Å²) in [4.78, 5) is 30.1. The topological polar surface area (TPSA) is 85.6 Å². The number of aryl methyl sites for hydroxylation is 3. The van der Waals surface area contributed by atoms with Gasteiger partial charge >= 0.3 is 12.1 Å². The van der Waals surface area contributed by atoms with Gasteiger partial charge in [0, 0.05) is 16.5 Å². The van der Waals surface area contributed by atoms with Crippen LogP contribution in [0, 0.1) is 20.8 Å². The minimum Gasteiger partial charge on any atom is -0.462 e. The van der Waals surface area contributed by atoms with E-state index in [-0.39, 0.29) is 34.2 Å². The predicted molar refractivity (Wildman–Crippen MR) is 126 cm³/mol. The van der Waals surface area contributed by atoms with Gasteiger partial charge in [0.25, 0.3) is 5.91 Å². The lowest BCUT2D eigenvalue weighted by Gasteiger charge is -2.11. The number of nitrogens with zero attached hydrogens (tertiary/aromatic N) is 3. The molecular formula is C24H21F3N4O3S. The molecule has 0 aliphatic carbocycles. The molecule has 11 heteroatoms. The molecule has 1 N–H and O–H groups in total. The van der Waals surface area contributed by atoms with Gasteiger partial charge in [0.2, 0.25) is 0 Å². The number of hydrogen-bond donors (Lipinski definition) is 1. The molecule has 1 aromatic carbocycles. The van der Waals surface area contributed by atoms with Crippen molar-refractivity contribution in [1.82, 2.24) is 14.6 Å². The predicted octanol–water partition coefficient (Wildman–Crippen LogP) is 5.83. The lowest BCUT2D eigenvalue weighted by Crippen LogP contribution is -2.16. The Labute approximate surface area is 202 Å². The average molecular weight is 503 g/mol. The van der Waals surface area contributed by atoms with E-state index < -0.39 is 23.7 Å². The highest BCUT2D eigenvalue weighted by atomic mass is 32.1. The van der Waals surface area contributed by atoms with Gasteiger partial charge < -0.3 is 10.1 Å². The number of hydrogen-bond acceptors (Lipinski definition) is 6. The third-order valence-corrected chi connectivity index (χ3v) is 6.30. The Kier molecular flexibility index (Phi) is 6.37. The number of carbonyl (C=O) groups excluding carboxylic acids is 2. The molecule has 0 saturated carbocycles. The van der Waals surface area contributed by atoms with Gasteiger partial charge in [0.1, 0.15) is 5.00 Å². The van der Waals surface area contributed by atoms with Crippen LogP contribution in [-0.2, 0) is 10.9 Å². The Morgan fingerprint density at radius 2 is 1.83 bits per heavy atom. The molecule has 3 aromatic heterocycles. The largest absolute Gasteiger partial charge is 0.462 e. The van der Waals surface area contributed by atoms with Gasteiger partial charge in [-0.05, 0) is 57.0 Å². The van der Waals surface area contributed by atoms with Crippen molar-refractivity contribution in [1.29, 1.82) is 0 Å². The third-order valence-electron chi connectivity index (χ3n) is 5.33. The Bertz CT molecular complexity index is 1460. The van der Waals surface area contributed by atoms with Crippen LogP contribution in [0.25, 0.3) is 16.9 Å². The first kappa shape index (κ1) is 24.4. The maximum atomic E-state index is 13.9. The fraction of sp³-hybridized carbons (Fsp3) is 0.250.